The number of aryl methyl sites for hydroxylation is 2. The van der Waals surface area contributed by atoms with Crippen molar-refractivity contribution in [1.29, 1.82) is 5.26 Å². The van der Waals surface area contributed by atoms with E-state index in [1.54, 1.807) is 4.90 Å². The molecule has 0 bridgehead atoms. The summed E-state index contributed by atoms with van der Waals surface area (Å²) in [5.74, 6) is 0.486. The van der Waals surface area contributed by atoms with Gasteiger partial charge in [0.15, 0.2) is 0 Å². The second-order valence-corrected chi connectivity index (χ2v) is 6.06. The first-order chi connectivity index (χ1) is 10.5. The first kappa shape index (κ1) is 16.1. The van der Waals surface area contributed by atoms with Gasteiger partial charge in [-0.3, -0.25) is 4.79 Å². The number of nitrogens with zero attached hydrogens (tertiary/aromatic N) is 2. The highest BCUT2D eigenvalue weighted by Crippen LogP contribution is 2.21. The number of piperidine rings is 1. The Labute approximate surface area is 132 Å². The molecule has 1 aliphatic heterocycles. The van der Waals surface area contributed by atoms with Crippen LogP contribution in [0.2, 0.25) is 0 Å². The number of hydrogen-bond donors (Lipinski definition) is 1. The molecule has 1 aliphatic rings. The number of likely N-dealkylation sites (tertiary alicyclic amines) is 1. The van der Waals surface area contributed by atoms with Crippen LogP contribution in [0.1, 0.15) is 30.9 Å². The Morgan fingerprint density at radius 3 is 2.45 bits per heavy atom. The lowest BCUT2D eigenvalue weighted by molar-refractivity contribution is -0.128. The lowest BCUT2D eigenvalue weighted by Crippen LogP contribution is -2.38. The van der Waals surface area contributed by atoms with Crippen LogP contribution in [-0.4, -0.2) is 23.9 Å². The minimum atomic E-state index is -0.173. The Bertz CT molecular complexity index is 599. The van der Waals surface area contributed by atoms with Crippen molar-refractivity contribution in [3.63, 3.8) is 0 Å². The molecule has 0 unspecified atom stereocenters. The Morgan fingerprint density at radius 1 is 1.32 bits per heavy atom. The van der Waals surface area contributed by atoms with E-state index in [1.807, 2.05) is 38.1 Å². The van der Waals surface area contributed by atoms with Gasteiger partial charge < -0.3 is 10.2 Å². The monoisotopic (exact) mass is 297 g/mol. The Morgan fingerprint density at radius 2 is 1.91 bits per heavy atom. The van der Waals surface area contributed by atoms with Gasteiger partial charge >= 0.3 is 0 Å². The Kier molecular flexibility index (Phi) is 5.21. The van der Waals surface area contributed by atoms with E-state index in [1.165, 1.54) is 6.20 Å². The van der Waals surface area contributed by atoms with Gasteiger partial charge in [-0.15, -0.1) is 0 Å². The largest absolute Gasteiger partial charge is 0.360 e. The number of nitrogens with one attached hydrogen (secondary N) is 1. The van der Waals surface area contributed by atoms with Gasteiger partial charge in [-0.05, 0) is 43.7 Å². The molecule has 0 aromatic heterocycles. The maximum atomic E-state index is 12.4. The zero-order valence-corrected chi connectivity index (χ0v) is 13.5. The second kappa shape index (κ2) is 7.13. The molecule has 0 saturated carbocycles. The highest BCUT2D eigenvalue weighted by atomic mass is 16.2. The van der Waals surface area contributed by atoms with E-state index in [2.05, 4.69) is 12.2 Å². The van der Waals surface area contributed by atoms with Gasteiger partial charge in [-0.25, -0.2) is 0 Å². The minimum absolute atomic E-state index is 0.164. The molecule has 4 heteroatoms. The maximum absolute atomic E-state index is 12.4. The van der Waals surface area contributed by atoms with Crippen LogP contribution < -0.4 is 5.32 Å². The number of rotatable bonds is 3. The molecule has 2 rings (SSSR count). The molecular formula is C18H23N3O. The van der Waals surface area contributed by atoms with Crippen molar-refractivity contribution in [3.8, 4) is 6.07 Å². The number of amides is 1. The first-order valence-electron chi connectivity index (χ1n) is 7.75. The predicted molar refractivity (Wildman–Crippen MR) is 88.2 cm³/mol. The van der Waals surface area contributed by atoms with E-state index in [0.717, 1.165) is 42.7 Å². The van der Waals surface area contributed by atoms with Crippen LogP contribution in [0.3, 0.4) is 0 Å². The molecule has 0 spiro atoms. The number of carbonyl (C=O) groups is 1. The summed E-state index contributed by atoms with van der Waals surface area (Å²) in [5.41, 5.74) is 3.30. The van der Waals surface area contributed by atoms with Crippen LogP contribution in [0.25, 0.3) is 0 Å². The molecule has 0 aliphatic carbocycles. The van der Waals surface area contributed by atoms with Crippen LogP contribution in [0.15, 0.2) is 30.0 Å². The maximum Gasteiger partial charge on any atom is 0.266 e. The van der Waals surface area contributed by atoms with Gasteiger partial charge in [0.05, 0.1) is 0 Å². The highest BCUT2D eigenvalue weighted by Gasteiger charge is 2.23. The molecule has 1 amide bonds. The summed E-state index contributed by atoms with van der Waals surface area (Å²) in [7, 11) is 0. The number of anilines is 1. The van der Waals surface area contributed by atoms with Gasteiger partial charge in [-0.2, -0.15) is 5.26 Å². The van der Waals surface area contributed by atoms with Crippen LogP contribution in [0.4, 0.5) is 5.69 Å². The Balaban J connectivity index is 2.11. The normalized spacial score (nSPS) is 16.3. The minimum Gasteiger partial charge on any atom is -0.360 e. The van der Waals surface area contributed by atoms with E-state index in [0.29, 0.717) is 5.92 Å². The van der Waals surface area contributed by atoms with E-state index in [4.69, 9.17) is 0 Å². The van der Waals surface area contributed by atoms with Crippen molar-refractivity contribution in [3.05, 3.63) is 41.1 Å². The fraction of sp³-hybridized carbons (Fsp3) is 0.444. The lowest BCUT2D eigenvalue weighted by Gasteiger charge is -2.30. The van der Waals surface area contributed by atoms with E-state index in [-0.39, 0.29) is 11.5 Å². The molecule has 4 nitrogen and oxygen atoms in total. The standard InChI is InChI=1S/C18H23N3O/c1-13-7-9-21(10-8-13)18(22)16(11-19)12-20-17-14(2)5-4-6-15(17)3/h4-6,12-13,20H,7-10H2,1-3H3/b16-12-. The summed E-state index contributed by atoms with van der Waals surface area (Å²) in [5, 5.41) is 12.4. The van der Waals surface area contributed by atoms with E-state index < -0.39 is 0 Å². The van der Waals surface area contributed by atoms with Gasteiger partial charge in [0.1, 0.15) is 11.6 Å². The van der Waals surface area contributed by atoms with Crippen molar-refractivity contribution in [1.82, 2.24) is 4.90 Å². The van der Waals surface area contributed by atoms with Crippen molar-refractivity contribution < 1.29 is 4.79 Å². The summed E-state index contributed by atoms with van der Waals surface area (Å²) in [6.45, 7) is 7.68. The average Bonchev–Trinajstić information content (AvgIpc) is 2.50. The number of benzene rings is 1. The number of nitriles is 1. The number of carbonyl (C=O) groups excluding carboxylic acids is 1. The van der Waals surface area contributed by atoms with Crippen molar-refractivity contribution in [2.24, 2.45) is 5.92 Å². The number of para-hydroxylation sites is 1. The van der Waals surface area contributed by atoms with Gasteiger partial charge in [0.25, 0.3) is 5.91 Å². The summed E-state index contributed by atoms with van der Waals surface area (Å²) < 4.78 is 0. The Hall–Kier alpha value is -2.28. The molecule has 1 aromatic carbocycles. The third kappa shape index (κ3) is 3.67. The SMILES string of the molecule is Cc1cccc(C)c1N/C=C(/C#N)C(=O)N1CCC(C)CC1. The summed E-state index contributed by atoms with van der Waals surface area (Å²) in [4.78, 5) is 14.2. The molecule has 1 aromatic rings. The van der Waals surface area contributed by atoms with Gasteiger partial charge in [0, 0.05) is 25.0 Å². The summed E-state index contributed by atoms with van der Waals surface area (Å²) >= 11 is 0. The lowest BCUT2D eigenvalue weighted by atomic mass is 9.99. The van der Waals surface area contributed by atoms with Crippen LogP contribution in [0, 0.1) is 31.1 Å². The van der Waals surface area contributed by atoms with E-state index in [9.17, 15) is 10.1 Å². The van der Waals surface area contributed by atoms with Crippen LogP contribution >= 0.6 is 0 Å². The quantitative estimate of drug-likeness (QED) is 0.687. The third-order valence-electron chi connectivity index (χ3n) is 4.26. The summed E-state index contributed by atoms with van der Waals surface area (Å²) in [6, 6.07) is 8.02. The molecule has 22 heavy (non-hydrogen) atoms. The number of hydrogen-bond acceptors (Lipinski definition) is 3. The highest BCUT2D eigenvalue weighted by molar-refractivity contribution is 5.97. The van der Waals surface area contributed by atoms with Crippen LogP contribution in [-0.2, 0) is 4.79 Å². The van der Waals surface area contributed by atoms with Crippen molar-refractivity contribution in [2.75, 3.05) is 18.4 Å². The second-order valence-electron chi connectivity index (χ2n) is 6.06. The fourth-order valence-electron chi connectivity index (χ4n) is 2.71. The molecular weight excluding hydrogens is 274 g/mol. The molecule has 0 radical (unpaired) electrons. The molecule has 1 heterocycles. The zero-order chi connectivity index (χ0) is 16.1. The third-order valence-corrected chi connectivity index (χ3v) is 4.26. The predicted octanol–water partition coefficient (Wildman–Crippen LogP) is 3.38. The molecule has 1 N–H and O–H groups in total. The topological polar surface area (TPSA) is 56.1 Å². The van der Waals surface area contributed by atoms with Gasteiger partial charge in [0.2, 0.25) is 0 Å². The molecule has 1 saturated heterocycles. The first-order valence-corrected chi connectivity index (χ1v) is 7.75. The molecule has 0 atom stereocenters. The van der Waals surface area contributed by atoms with Crippen LogP contribution in [0.5, 0.6) is 0 Å². The molecule has 116 valence electrons. The van der Waals surface area contributed by atoms with Gasteiger partial charge in [-0.1, -0.05) is 25.1 Å². The van der Waals surface area contributed by atoms with Crippen molar-refractivity contribution in [2.45, 2.75) is 33.6 Å². The smallest absolute Gasteiger partial charge is 0.266 e. The average molecular weight is 297 g/mol. The zero-order valence-electron chi connectivity index (χ0n) is 13.5. The molecule has 1 fully saturated rings. The van der Waals surface area contributed by atoms with E-state index >= 15 is 0 Å². The fourth-order valence-corrected chi connectivity index (χ4v) is 2.71. The summed E-state index contributed by atoms with van der Waals surface area (Å²) in [6.07, 6.45) is 3.55. The van der Waals surface area contributed by atoms with Crippen molar-refractivity contribution >= 4 is 11.6 Å².